The Morgan fingerprint density at radius 2 is 2.25 bits per heavy atom. The third kappa shape index (κ3) is 0.921. The second-order valence-electron chi connectivity index (χ2n) is 2.44. The van der Waals surface area contributed by atoms with Crippen molar-refractivity contribution in [1.29, 1.82) is 0 Å². The fraction of sp³-hybridized carbons (Fsp3) is 0. The van der Waals surface area contributed by atoms with E-state index in [1.54, 1.807) is 0 Å². The van der Waals surface area contributed by atoms with Crippen molar-refractivity contribution in [2.45, 2.75) is 0 Å². The standard InChI is InChI=1S/C7H5ClFN3/c8-12-7-2-5(9)6(10)1-4(7)3-11-12/h1-3H,10H2. The van der Waals surface area contributed by atoms with Gasteiger partial charge in [0.05, 0.1) is 17.4 Å². The van der Waals surface area contributed by atoms with E-state index >= 15 is 0 Å². The van der Waals surface area contributed by atoms with E-state index in [1.807, 2.05) is 0 Å². The van der Waals surface area contributed by atoms with Crippen LogP contribution in [0, 0.1) is 5.82 Å². The summed E-state index contributed by atoms with van der Waals surface area (Å²) < 4.78 is 14.0. The van der Waals surface area contributed by atoms with Gasteiger partial charge in [0.1, 0.15) is 5.82 Å². The number of nitrogens with two attached hydrogens (primary N) is 1. The fourth-order valence-electron chi connectivity index (χ4n) is 1.04. The van der Waals surface area contributed by atoms with Crippen molar-refractivity contribution in [2.24, 2.45) is 0 Å². The number of aromatic nitrogens is 2. The van der Waals surface area contributed by atoms with Gasteiger partial charge in [0.2, 0.25) is 0 Å². The van der Waals surface area contributed by atoms with Crippen molar-refractivity contribution < 1.29 is 4.39 Å². The van der Waals surface area contributed by atoms with Crippen molar-refractivity contribution in [3.63, 3.8) is 0 Å². The third-order valence-corrected chi connectivity index (χ3v) is 1.91. The average Bonchev–Trinajstić information content (AvgIpc) is 2.35. The van der Waals surface area contributed by atoms with Gasteiger partial charge in [-0.3, -0.25) is 0 Å². The van der Waals surface area contributed by atoms with E-state index < -0.39 is 5.82 Å². The molecule has 2 rings (SSSR count). The first kappa shape index (κ1) is 7.36. The Hall–Kier alpha value is -1.29. The van der Waals surface area contributed by atoms with Crippen LogP contribution >= 0.6 is 11.8 Å². The van der Waals surface area contributed by atoms with Gasteiger partial charge in [0.25, 0.3) is 0 Å². The lowest BCUT2D eigenvalue weighted by atomic mass is 10.2. The molecule has 0 atom stereocenters. The van der Waals surface area contributed by atoms with Crippen LogP contribution in [0.1, 0.15) is 0 Å². The summed E-state index contributed by atoms with van der Waals surface area (Å²) in [6.45, 7) is 0. The number of fused-ring (bicyclic) bond motifs is 1. The molecule has 5 heteroatoms. The van der Waals surface area contributed by atoms with Gasteiger partial charge >= 0.3 is 0 Å². The largest absolute Gasteiger partial charge is 0.396 e. The maximum absolute atomic E-state index is 12.9. The number of nitrogen functional groups attached to an aromatic ring is 1. The topological polar surface area (TPSA) is 43.8 Å². The number of anilines is 1. The molecular formula is C7H5ClFN3. The molecule has 0 saturated heterocycles. The molecular weight excluding hydrogens is 181 g/mol. The highest BCUT2D eigenvalue weighted by Crippen LogP contribution is 2.20. The molecule has 0 unspecified atom stereocenters. The van der Waals surface area contributed by atoms with Gasteiger partial charge in [0, 0.05) is 23.2 Å². The quantitative estimate of drug-likeness (QED) is 0.636. The molecule has 0 amide bonds. The van der Waals surface area contributed by atoms with Crippen molar-refractivity contribution >= 4 is 28.4 Å². The summed E-state index contributed by atoms with van der Waals surface area (Å²) in [7, 11) is 0. The minimum absolute atomic E-state index is 0.104. The van der Waals surface area contributed by atoms with E-state index in [9.17, 15) is 4.39 Å². The molecule has 0 radical (unpaired) electrons. The van der Waals surface area contributed by atoms with Crippen LogP contribution in [0.3, 0.4) is 0 Å². The lowest BCUT2D eigenvalue weighted by Gasteiger charge is -1.95. The van der Waals surface area contributed by atoms with Crippen molar-refractivity contribution in [1.82, 2.24) is 9.30 Å². The summed E-state index contributed by atoms with van der Waals surface area (Å²) in [4.78, 5) is 0. The zero-order chi connectivity index (χ0) is 8.72. The summed E-state index contributed by atoms with van der Waals surface area (Å²) >= 11 is 5.59. The number of halogens is 2. The number of rotatable bonds is 0. The molecule has 2 aromatic rings. The summed E-state index contributed by atoms with van der Waals surface area (Å²) in [5.41, 5.74) is 5.96. The van der Waals surface area contributed by atoms with Gasteiger partial charge in [-0.2, -0.15) is 9.30 Å². The third-order valence-electron chi connectivity index (χ3n) is 1.64. The Labute approximate surface area is 72.6 Å². The molecule has 0 saturated carbocycles. The van der Waals surface area contributed by atoms with E-state index in [4.69, 9.17) is 17.5 Å². The van der Waals surface area contributed by atoms with E-state index in [1.165, 1.54) is 18.3 Å². The number of hydrogen-bond donors (Lipinski definition) is 1. The number of hydrogen-bond acceptors (Lipinski definition) is 2. The molecule has 1 aromatic carbocycles. The zero-order valence-electron chi connectivity index (χ0n) is 5.96. The lowest BCUT2D eigenvalue weighted by Crippen LogP contribution is -1.90. The highest BCUT2D eigenvalue weighted by molar-refractivity contribution is 6.18. The monoisotopic (exact) mass is 185 g/mol. The fourth-order valence-corrected chi connectivity index (χ4v) is 1.23. The Kier molecular flexibility index (Phi) is 1.44. The van der Waals surface area contributed by atoms with E-state index in [0.29, 0.717) is 5.52 Å². The van der Waals surface area contributed by atoms with E-state index in [-0.39, 0.29) is 5.69 Å². The summed E-state index contributed by atoms with van der Waals surface area (Å²) in [6.07, 6.45) is 1.53. The normalized spacial score (nSPS) is 10.8. The maximum atomic E-state index is 12.9. The van der Waals surface area contributed by atoms with Crippen molar-refractivity contribution in [3.8, 4) is 0 Å². The predicted molar refractivity (Wildman–Crippen MR) is 45.4 cm³/mol. The number of benzene rings is 1. The van der Waals surface area contributed by atoms with Gasteiger partial charge in [0.15, 0.2) is 0 Å². The maximum Gasteiger partial charge on any atom is 0.148 e. The molecule has 2 N–H and O–H groups in total. The summed E-state index contributed by atoms with van der Waals surface area (Å²) in [6, 6.07) is 2.75. The van der Waals surface area contributed by atoms with Gasteiger partial charge < -0.3 is 5.73 Å². The van der Waals surface area contributed by atoms with Gasteiger partial charge in [-0.25, -0.2) is 4.39 Å². The molecule has 1 heterocycles. The molecule has 1 aromatic heterocycles. The zero-order valence-corrected chi connectivity index (χ0v) is 6.72. The van der Waals surface area contributed by atoms with Crippen LogP contribution in [-0.4, -0.2) is 9.30 Å². The SMILES string of the molecule is Nc1cc2cnn(Cl)c2cc1F. The molecule has 3 nitrogen and oxygen atoms in total. The molecule has 0 aliphatic rings. The Bertz CT molecular complexity index is 437. The lowest BCUT2D eigenvalue weighted by molar-refractivity contribution is 0.634. The van der Waals surface area contributed by atoms with Crippen LogP contribution in [0.4, 0.5) is 10.1 Å². The van der Waals surface area contributed by atoms with Gasteiger partial charge in [-0.1, -0.05) is 0 Å². The van der Waals surface area contributed by atoms with Crippen molar-refractivity contribution in [2.75, 3.05) is 5.73 Å². The molecule has 0 aliphatic carbocycles. The second-order valence-corrected chi connectivity index (χ2v) is 2.76. The summed E-state index contributed by atoms with van der Waals surface area (Å²) in [5.74, 6) is -0.482. The van der Waals surface area contributed by atoms with E-state index in [2.05, 4.69) is 5.10 Å². The molecule has 0 bridgehead atoms. The molecule has 0 spiro atoms. The molecule has 62 valence electrons. The first-order valence-electron chi connectivity index (χ1n) is 3.27. The van der Waals surface area contributed by atoms with Crippen LogP contribution < -0.4 is 5.73 Å². The van der Waals surface area contributed by atoms with Crippen molar-refractivity contribution in [3.05, 3.63) is 24.1 Å². The van der Waals surface area contributed by atoms with Crippen LogP contribution in [0.5, 0.6) is 0 Å². The molecule has 0 fully saturated rings. The average molecular weight is 186 g/mol. The summed E-state index contributed by atoms with van der Waals surface area (Å²) in [5, 5.41) is 4.46. The van der Waals surface area contributed by atoms with Crippen LogP contribution in [-0.2, 0) is 0 Å². The van der Waals surface area contributed by atoms with Crippen LogP contribution in [0.15, 0.2) is 18.3 Å². The van der Waals surface area contributed by atoms with Crippen LogP contribution in [0.2, 0.25) is 0 Å². The van der Waals surface area contributed by atoms with Gasteiger partial charge in [-0.15, -0.1) is 0 Å². The Balaban J connectivity index is 2.87. The minimum Gasteiger partial charge on any atom is -0.396 e. The minimum atomic E-state index is -0.482. The van der Waals surface area contributed by atoms with E-state index in [0.717, 1.165) is 9.59 Å². The predicted octanol–water partition coefficient (Wildman–Crippen LogP) is 1.76. The highest BCUT2D eigenvalue weighted by Gasteiger charge is 2.05. The second kappa shape index (κ2) is 2.35. The Morgan fingerprint density at radius 3 is 3.00 bits per heavy atom. The van der Waals surface area contributed by atoms with Crippen LogP contribution in [0.25, 0.3) is 10.9 Å². The highest BCUT2D eigenvalue weighted by atomic mass is 35.5. The smallest absolute Gasteiger partial charge is 0.148 e. The Morgan fingerprint density at radius 1 is 1.50 bits per heavy atom. The number of nitrogens with zero attached hydrogens (tertiary/aromatic N) is 2. The first-order chi connectivity index (χ1) is 5.68. The molecule has 0 aliphatic heterocycles. The van der Waals surface area contributed by atoms with Gasteiger partial charge in [-0.05, 0) is 6.07 Å². The molecule has 12 heavy (non-hydrogen) atoms. The first-order valence-corrected chi connectivity index (χ1v) is 3.61.